The lowest BCUT2D eigenvalue weighted by Crippen LogP contribution is -2.35. The van der Waals surface area contributed by atoms with E-state index in [2.05, 4.69) is 20.5 Å². The molecule has 6 nitrogen and oxygen atoms in total. The second-order valence-corrected chi connectivity index (χ2v) is 4.42. The lowest BCUT2D eigenvalue weighted by atomic mass is 10.1. The molecule has 1 heterocycles. The van der Waals surface area contributed by atoms with Gasteiger partial charge < -0.3 is 5.73 Å². The van der Waals surface area contributed by atoms with Crippen molar-refractivity contribution in [3.8, 4) is 0 Å². The Morgan fingerprint density at radius 2 is 2.35 bits per heavy atom. The van der Waals surface area contributed by atoms with Crippen molar-refractivity contribution in [1.82, 2.24) is 15.2 Å². The molecule has 0 radical (unpaired) electrons. The standard InChI is InChI=1S/C13H16FN5O/c1-2-10(15)12(20)17-13-16-11(18-19-13)7-8-4-3-5-9(14)6-8/h3-6,10H,2,7,15H2,1H3,(H2,16,17,18,19,20)/t10-/m1/s1. The minimum Gasteiger partial charge on any atom is -0.320 e. The molecule has 0 saturated heterocycles. The molecule has 0 fully saturated rings. The van der Waals surface area contributed by atoms with Crippen LogP contribution in [0.15, 0.2) is 24.3 Å². The number of aromatic amines is 1. The van der Waals surface area contributed by atoms with Crippen LogP contribution in [-0.4, -0.2) is 27.1 Å². The second kappa shape index (κ2) is 6.25. The van der Waals surface area contributed by atoms with E-state index >= 15 is 0 Å². The molecule has 0 aliphatic heterocycles. The highest BCUT2D eigenvalue weighted by Gasteiger charge is 2.13. The zero-order chi connectivity index (χ0) is 14.5. The van der Waals surface area contributed by atoms with E-state index in [9.17, 15) is 9.18 Å². The monoisotopic (exact) mass is 277 g/mol. The number of nitrogens with two attached hydrogens (primary N) is 1. The number of carbonyl (C=O) groups is 1. The van der Waals surface area contributed by atoms with Crippen LogP contribution in [0.3, 0.4) is 0 Å². The number of nitrogens with zero attached hydrogens (tertiary/aromatic N) is 2. The zero-order valence-corrected chi connectivity index (χ0v) is 11.1. The number of aromatic nitrogens is 3. The second-order valence-electron chi connectivity index (χ2n) is 4.42. The van der Waals surface area contributed by atoms with Gasteiger partial charge in [-0.1, -0.05) is 19.1 Å². The number of amides is 1. The lowest BCUT2D eigenvalue weighted by molar-refractivity contribution is -0.117. The Kier molecular flexibility index (Phi) is 4.41. The smallest absolute Gasteiger partial charge is 0.248 e. The van der Waals surface area contributed by atoms with Gasteiger partial charge in [0.15, 0.2) is 0 Å². The average molecular weight is 277 g/mol. The van der Waals surface area contributed by atoms with Crippen molar-refractivity contribution >= 4 is 11.9 Å². The molecule has 1 atom stereocenters. The zero-order valence-electron chi connectivity index (χ0n) is 11.1. The maximum Gasteiger partial charge on any atom is 0.248 e. The van der Waals surface area contributed by atoms with Gasteiger partial charge in [-0.25, -0.2) is 4.39 Å². The molecule has 1 aromatic carbocycles. The molecule has 20 heavy (non-hydrogen) atoms. The molecule has 7 heteroatoms. The first-order valence-electron chi connectivity index (χ1n) is 6.30. The van der Waals surface area contributed by atoms with E-state index in [0.29, 0.717) is 18.7 Å². The lowest BCUT2D eigenvalue weighted by Gasteiger charge is -2.06. The number of carbonyl (C=O) groups excluding carboxylic acids is 1. The van der Waals surface area contributed by atoms with Crippen molar-refractivity contribution in [3.63, 3.8) is 0 Å². The third-order valence-corrected chi connectivity index (χ3v) is 2.80. The maximum atomic E-state index is 13.1. The van der Waals surface area contributed by atoms with Gasteiger partial charge in [-0.3, -0.25) is 15.2 Å². The molecule has 0 spiro atoms. The first-order chi connectivity index (χ1) is 9.58. The Hall–Kier alpha value is -2.28. The van der Waals surface area contributed by atoms with Gasteiger partial charge >= 0.3 is 0 Å². The molecule has 0 unspecified atom stereocenters. The van der Waals surface area contributed by atoms with Crippen LogP contribution in [0, 0.1) is 5.82 Å². The number of halogens is 1. The third kappa shape index (κ3) is 3.61. The number of hydrogen-bond donors (Lipinski definition) is 3. The highest BCUT2D eigenvalue weighted by molar-refractivity contribution is 5.93. The topological polar surface area (TPSA) is 96.7 Å². The molecule has 0 aliphatic carbocycles. The van der Waals surface area contributed by atoms with E-state index in [0.717, 1.165) is 5.56 Å². The van der Waals surface area contributed by atoms with Crippen molar-refractivity contribution in [2.45, 2.75) is 25.8 Å². The highest BCUT2D eigenvalue weighted by Crippen LogP contribution is 2.09. The first kappa shape index (κ1) is 14.1. The summed E-state index contributed by atoms with van der Waals surface area (Å²) in [5, 5.41) is 9.09. The van der Waals surface area contributed by atoms with Gasteiger partial charge in [0.25, 0.3) is 0 Å². The number of rotatable bonds is 5. The molecular weight excluding hydrogens is 261 g/mol. The Balaban J connectivity index is 2.00. The number of H-pyrrole nitrogens is 1. The van der Waals surface area contributed by atoms with Crippen LogP contribution in [0.4, 0.5) is 10.3 Å². The summed E-state index contributed by atoms with van der Waals surface area (Å²) in [5.41, 5.74) is 6.36. The molecule has 106 valence electrons. The predicted octanol–water partition coefficient (Wildman–Crippen LogP) is 1.21. The number of nitrogens with one attached hydrogen (secondary N) is 2. The van der Waals surface area contributed by atoms with Gasteiger partial charge in [0, 0.05) is 6.42 Å². The molecule has 4 N–H and O–H groups in total. The molecule has 1 aromatic heterocycles. The summed E-state index contributed by atoms with van der Waals surface area (Å²) in [4.78, 5) is 15.7. The molecule has 0 aliphatic rings. The van der Waals surface area contributed by atoms with E-state index in [1.807, 2.05) is 6.92 Å². The van der Waals surface area contributed by atoms with Crippen LogP contribution in [0.5, 0.6) is 0 Å². The van der Waals surface area contributed by atoms with Gasteiger partial charge in [-0.15, -0.1) is 5.10 Å². The SMILES string of the molecule is CC[C@@H](N)C(=O)Nc1n[nH]c(Cc2cccc(F)c2)n1. The summed E-state index contributed by atoms with van der Waals surface area (Å²) >= 11 is 0. The van der Waals surface area contributed by atoms with E-state index in [1.165, 1.54) is 12.1 Å². The first-order valence-corrected chi connectivity index (χ1v) is 6.30. The van der Waals surface area contributed by atoms with Gasteiger partial charge in [0.2, 0.25) is 11.9 Å². The van der Waals surface area contributed by atoms with Crippen LogP contribution in [0.1, 0.15) is 24.7 Å². The minimum absolute atomic E-state index is 0.172. The Morgan fingerprint density at radius 1 is 1.55 bits per heavy atom. The molecule has 1 amide bonds. The fourth-order valence-corrected chi connectivity index (χ4v) is 1.66. The summed E-state index contributed by atoms with van der Waals surface area (Å²) in [5.74, 6) is 0.0783. The minimum atomic E-state index is -0.583. The molecule has 0 bridgehead atoms. The summed E-state index contributed by atoms with van der Waals surface area (Å²) in [7, 11) is 0. The van der Waals surface area contributed by atoms with E-state index in [1.54, 1.807) is 12.1 Å². The largest absolute Gasteiger partial charge is 0.320 e. The van der Waals surface area contributed by atoms with Gasteiger partial charge in [0.05, 0.1) is 6.04 Å². The van der Waals surface area contributed by atoms with Crippen molar-refractivity contribution < 1.29 is 9.18 Å². The Bertz CT molecular complexity index is 598. The van der Waals surface area contributed by atoms with Crippen molar-refractivity contribution in [3.05, 3.63) is 41.5 Å². The summed E-state index contributed by atoms with van der Waals surface area (Å²) in [6.45, 7) is 1.82. The molecular formula is C13H16FN5O. The summed E-state index contributed by atoms with van der Waals surface area (Å²) in [6.07, 6.45) is 0.937. The average Bonchev–Trinajstić information content (AvgIpc) is 2.85. The van der Waals surface area contributed by atoms with Gasteiger partial charge in [-0.2, -0.15) is 4.98 Å². The Morgan fingerprint density at radius 3 is 3.05 bits per heavy atom. The molecule has 2 rings (SSSR count). The number of benzene rings is 1. The third-order valence-electron chi connectivity index (χ3n) is 2.80. The van der Waals surface area contributed by atoms with Crippen molar-refractivity contribution in [2.75, 3.05) is 5.32 Å². The number of anilines is 1. The number of hydrogen-bond acceptors (Lipinski definition) is 4. The fourth-order valence-electron chi connectivity index (χ4n) is 1.66. The van der Waals surface area contributed by atoms with Crippen LogP contribution in [0.2, 0.25) is 0 Å². The summed E-state index contributed by atoms with van der Waals surface area (Å²) < 4.78 is 13.1. The Labute approximate surface area is 115 Å². The fraction of sp³-hybridized carbons (Fsp3) is 0.308. The quantitative estimate of drug-likeness (QED) is 0.765. The molecule has 0 saturated carbocycles. The van der Waals surface area contributed by atoms with E-state index in [4.69, 9.17) is 5.73 Å². The van der Waals surface area contributed by atoms with E-state index in [-0.39, 0.29) is 17.7 Å². The van der Waals surface area contributed by atoms with Crippen molar-refractivity contribution in [1.29, 1.82) is 0 Å². The van der Waals surface area contributed by atoms with Crippen LogP contribution in [0.25, 0.3) is 0 Å². The van der Waals surface area contributed by atoms with Crippen LogP contribution >= 0.6 is 0 Å². The van der Waals surface area contributed by atoms with Crippen LogP contribution < -0.4 is 11.1 Å². The van der Waals surface area contributed by atoms with Crippen molar-refractivity contribution in [2.24, 2.45) is 5.73 Å². The summed E-state index contributed by atoms with van der Waals surface area (Å²) in [6, 6.07) is 5.64. The van der Waals surface area contributed by atoms with Gasteiger partial charge in [0.1, 0.15) is 11.6 Å². The van der Waals surface area contributed by atoms with Gasteiger partial charge in [-0.05, 0) is 24.1 Å². The molecule has 2 aromatic rings. The predicted molar refractivity (Wildman–Crippen MR) is 72.5 cm³/mol. The highest BCUT2D eigenvalue weighted by atomic mass is 19.1. The normalized spacial score (nSPS) is 12.2. The van der Waals surface area contributed by atoms with E-state index < -0.39 is 6.04 Å². The maximum absolute atomic E-state index is 13.1. The van der Waals surface area contributed by atoms with Crippen LogP contribution in [-0.2, 0) is 11.2 Å².